The summed E-state index contributed by atoms with van der Waals surface area (Å²) in [5.41, 5.74) is 1.97. The van der Waals surface area contributed by atoms with E-state index in [1.807, 2.05) is 0 Å². The van der Waals surface area contributed by atoms with Crippen LogP contribution < -0.4 is 15.0 Å². The van der Waals surface area contributed by atoms with Crippen LogP contribution in [0.25, 0.3) is 0 Å². The van der Waals surface area contributed by atoms with E-state index in [9.17, 15) is 14.4 Å². The molecule has 0 bridgehead atoms. The SMILES string of the molecule is COc1cc(C(=O)O)ccc1CCNC(=O)c1ccccc1N(C)C(=O)C1CC1. The number of methoxy groups -OCH3 is 1. The van der Waals surface area contributed by atoms with Crippen LogP contribution in [-0.4, -0.2) is 43.6 Å². The number of carboxylic acid groups (broad SMARTS) is 1. The lowest BCUT2D eigenvalue weighted by Crippen LogP contribution is -2.32. The molecule has 2 amide bonds. The van der Waals surface area contributed by atoms with E-state index in [0.29, 0.717) is 30.0 Å². The van der Waals surface area contributed by atoms with Gasteiger partial charge < -0.3 is 20.1 Å². The molecule has 0 aliphatic heterocycles. The van der Waals surface area contributed by atoms with Crippen molar-refractivity contribution in [3.05, 3.63) is 59.2 Å². The van der Waals surface area contributed by atoms with Crippen LogP contribution in [0.1, 0.15) is 39.1 Å². The van der Waals surface area contributed by atoms with Gasteiger partial charge in [0.2, 0.25) is 5.91 Å². The molecule has 0 heterocycles. The maximum absolute atomic E-state index is 12.7. The van der Waals surface area contributed by atoms with E-state index in [4.69, 9.17) is 9.84 Å². The summed E-state index contributed by atoms with van der Waals surface area (Å²) in [6.45, 7) is 0.343. The molecule has 2 aromatic rings. The number of ether oxygens (including phenoxy) is 1. The lowest BCUT2D eigenvalue weighted by Gasteiger charge is -2.20. The number of nitrogens with zero attached hydrogens (tertiary/aromatic N) is 1. The first-order valence-electron chi connectivity index (χ1n) is 9.47. The number of hydrogen-bond donors (Lipinski definition) is 2. The molecule has 7 heteroatoms. The number of carbonyl (C=O) groups is 3. The summed E-state index contributed by atoms with van der Waals surface area (Å²) in [6, 6.07) is 11.7. The molecule has 7 nitrogen and oxygen atoms in total. The molecule has 0 atom stereocenters. The molecule has 2 aromatic carbocycles. The second-order valence-corrected chi connectivity index (χ2v) is 7.03. The minimum Gasteiger partial charge on any atom is -0.496 e. The zero-order valence-electron chi connectivity index (χ0n) is 16.5. The highest BCUT2D eigenvalue weighted by atomic mass is 16.5. The predicted octanol–water partition coefficient (Wildman–Crippen LogP) is 2.74. The average molecular weight is 396 g/mol. The zero-order chi connectivity index (χ0) is 21.0. The summed E-state index contributed by atoms with van der Waals surface area (Å²) in [6.07, 6.45) is 2.29. The summed E-state index contributed by atoms with van der Waals surface area (Å²) < 4.78 is 5.26. The molecule has 0 unspecified atom stereocenters. The van der Waals surface area contributed by atoms with E-state index in [1.165, 1.54) is 19.2 Å². The Bertz CT molecular complexity index is 937. The van der Waals surface area contributed by atoms with Gasteiger partial charge in [0, 0.05) is 19.5 Å². The van der Waals surface area contributed by atoms with Crippen LogP contribution in [0.3, 0.4) is 0 Å². The van der Waals surface area contributed by atoms with Crippen LogP contribution in [0.15, 0.2) is 42.5 Å². The fraction of sp³-hybridized carbons (Fsp3) is 0.318. The van der Waals surface area contributed by atoms with Crippen molar-refractivity contribution in [3.63, 3.8) is 0 Å². The van der Waals surface area contributed by atoms with Crippen LogP contribution in [-0.2, 0) is 11.2 Å². The Balaban J connectivity index is 1.66. The highest BCUT2D eigenvalue weighted by Gasteiger charge is 2.33. The van der Waals surface area contributed by atoms with E-state index >= 15 is 0 Å². The molecule has 1 saturated carbocycles. The zero-order valence-corrected chi connectivity index (χ0v) is 16.5. The number of hydrogen-bond acceptors (Lipinski definition) is 4. The van der Waals surface area contributed by atoms with Crippen LogP contribution in [0.4, 0.5) is 5.69 Å². The molecule has 0 saturated heterocycles. The van der Waals surface area contributed by atoms with Crippen molar-refractivity contribution < 1.29 is 24.2 Å². The number of amides is 2. The molecule has 0 radical (unpaired) electrons. The van der Waals surface area contributed by atoms with Gasteiger partial charge in [0.25, 0.3) is 5.91 Å². The van der Waals surface area contributed by atoms with Crippen LogP contribution in [0.5, 0.6) is 5.75 Å². The Kier molecular flexibility index (Phi) is 6.16. The number of nitrogens with one attached hydrogen (secondary N) is 1. The van der Waals surface area contributed by atoms with Gasteiger partial charge in [0.1, 0.15) is 5.75 Å². The molecule has 152 valence electrons. The van der Waals surface area contributed by atoms with Crippen molar-refractivity contribution in [2.24, 2.45) is 5.92 Å². The van der Waals surface area contributed by atoms with Gasteiger partial charge >= 0.3 is 5.97 Å². The van der Waals surface area contributed by atoms with E-state index < -0.39 is 5.97 Å². The Morgan fingerprint density at radius 3 is 2.55 bits per heavy atom. The number of aromatic carboxylic acids is 1. The first kappa shape index (κ1) is 20.4. The van der Waals surface area contributed by atoms with Crippen molar-refractivity contribution in [3.8, 4) is 5.75 Å². The third-order valence-electron chi connectivity index (χ3n) is 4.98. The number of carboxylic acids is 1. The van der Waals surface area contributed by atoms with Crippen LogP contribution in [0, 0.1) is 5.92 Å². The lowest BCUT2D eigenvalue weighted by molar-refractivity contribution is -0.119. The second kappa shape index (κ2) is 8.77. The minimum absolute atomic E-state index is 0.0357. The van der Waals surface area contributed by atoms with Gasteiger partial charge in [-0.1, -0.05) is 18.2 Å². The van der Waals surface area contributed by atoms with Crippen LogP contribution in [0.2, 0.25) is 0 Å². The molecule has 1 fully saturated rings. The van der Waals surface area contributed by atoms with Gasteiger partial charge in [0.05, 0.1) is 23.9 Å². The number of para-hydroxylation sites is 1. The predicted molar refractivity (Wildman–Crippen MR) is 109 cm³/mol. The first-order chi connectivity index (χ1) is 13.9. The second-order valence-electron chi connectivity index (χ2n) is 7.03. The molecule has 3 rings (SSSR count). The maximum Gasteiger partial charge on any atom is 0.335 e. The topological polar surface area (TPSA) is 95.9 Å². The van der Waals surface area contributed by atoms with E-state index in [-0.39, 0.29) is 23.3 Å². The van der Waals surface area contributed by atoms with Crippen molar-refractivity contribution >= 4 is 23.5 Å². The monoisotopic (exact) mass is 396 g/mol. The molecule has 1 aliphatic rings. The third-order valence-corrected chi connectivity index (χ3v) is 4.98. The summed E-state index contributed by atoms with van der Waals surface area (Å²) in [5, 5.41) is 11.9. The normalized spacial score (nSPS) is 12.9. The largest absolute Gasteiger partial charge is 0.496 e. The van der Waals surface area contributed by atoms with Crippen molar-refractivity contribution in [1.82, 2.24) is 5.32 Å². The summed E-state index contributed by atoms with van der Waals surface area (Å²) in [4.78, 5) is 37.7. The summed E-state index contributed by atoms with van der Waals surface area (Å²) in [5.74, 6) is -0.720. The number of anilines is 1. The standard InChI is InChI=1S/C22H24N2O5/c1-24(21(26)15-8-9-15)18-6-4-3-5-17(18)20(25)23-12-11-14-7-10-16(22(27)28)13-19(14)29-2/h3-7,10,13,15H,8-9,11-12H2,1-2H3,(H,23,25)(H,27,28). The number of carbonyl (C=O) groups excluding carboxylic acids is 2. The van der Waals surface area contributed by atoms with E-state index in [1.54, 1.807) is 42.3 Å². The highest BCUT2D eigenvalue weighted by Crippen LogP contribution is 2.33. The first-order valence-corrected chi connectivity index (χ1v) is 9.47. The molecular weight excluding hydrogens is 372 g/mol. The van der Waals surface area contributed by atoms with Gasteiger partial charge in [-0.15, -0.1) is 0 Å². The van der Waals surface area contributed by atoms with Gasteiger partial charge in [-0.3, -0.25) is 9.59 Å². The quantitative estimate of drug-likeness (QED) is 0.715. The molecule has 0 aromatic heterocycles. The molecule has 0 spiro atoms. The molecular formula is C22H24N2O5. The van der Waals surface area contributed by atoms with Gasteiger partial charge in [-0.05, 0) is 49.1 Å². The molecule has 2 N–H and O–H groups in total. The average Bonchev–Trinajstić information content (AvgIpc) is 3.58. The van der Waals surface area contributed by atoms with Crippen molar-refractivity contribution in [2.45, 2.75) is 19.3 Å². The van der Waals surface area contributed by atoms with Crippen LogP contribution >= 0.6 is 0 Å². The molecule has 1 aliphatic carbocycles. The van der Waals surface area contributed by atoms with Gasteiger partial charge in [-0.2, -0.15) is 0 Å². The summed E-state index contributed by atoms with van der Waals surface area (Å²) >= 11 is 0. The minimum atomic E-state index is -1.02. The lowest BCUT2D eigenvalue weighted by atomic mass is 10.1. The van der Waals surface area contributed by atoms with Gasteiger partial charge in [0.15, 0.2) is 0 Å². The van der Waals surface area contributed by atoms with E-state index in [0.717, 1.165) is 18.4 Å². The smallest absolute Gasteiger partial charge is 0.335 e. The Hall–Kier alpha value is -3.35. The van der Waals surface area contributed by atoms with Gasteiger partial charge in [-0.25, -0.2) is 4.79 Å². The highest BCUT2D eigenvalue weighted by molar-refractivity contribution is 6.05. The fourth-order valence-corrected chi connectivity index (χ4v) is 3.17. The Labute approximate surface area is 169 Å². The number of benzene rings is 2. The number of rotatable bonds is 8. The fourth-order valence-electron chi connectivity index (χ4n) is 3.17. The van der Waals surface area contributed by atoms with Crippen molar-refractivity contribution in [1.29, 1.82) is 0 Å². The Morgan fingerprint density at radius 2 is 1.90 bits per heavy atom. The Morgan fingerprint density at radius 1 is 1.17 bits per heavy atom. The molecule has 29 heavy (non-hydrogen) atoms. The maximum atomic E-state index is 12.7. The van der Waals surface area contributed by atoms with E-state index in [2.05, 4.69) is 5.32 Å². The third kappa shape index (κ3) is 4.74. The van der Waals surface area contributed by atoms with Crippen molar-refractivity contribution in [2.75, 3.05) is 25.6 Å². The summed E-state index contributed by atoms with van der Waals surface area (Å²) in [7, 11) is 3.17.